The van der Waals surface area contributed by atoms with Crippen LogP contribution in [-0.4, -0.2) is 71.9 Å². The van der Waals surface area contributed by atoms with Gasteiger partial charge in [-0.05, 0) is 197 Å². The molecule has 0 spiro atoms. The number of nitrogens with one attached hydrogen (secondary N) is 1. The Labute approximate surface area is 444 Å². The van der Waals surface area contributed by atoms with Gasteiger partial charge in [0.25, 0.3) is 0 Å². The average molecular weight is 1020 g/mol. The molecule has 9 atom stereocenters. The summed E-state index contributed by atoms with van der Waals surface area (Å²) in [5.41, 5.74) is 9.61. The van der Waals surface area contributed by atoms with Crippen molar-refractivity contribution in [1.82, 2.24) is 5.32 Å². The van der Waals surface area contributed by atoms with E-state index in [0.717, 1.165) is 92.9 Å². The van der Waals surface area contributed by atoms with E-state index in [9.17, 15) is 25.2 Å². The SMILES string of the molecule is CNCc1cccc(-c2cc(O)cc3ccc(C4(C(=O)O[C@H]5C[C@@H]6c7cc(OC)c(O)cc7C[C@H]7[C@H]6[C@]6(C8=Cc9ccccc9CC8)[C@H](C[C@@H]7O)c7cc(O)c(OC)cc7C[C@@H]6[C@H](OC(C)=O)C5)CCCCC4)cc23)c1. The molecule has 0 aromatic heterocycles. The maximum absolute atomic E-state index is 16.0. The van der Waals surface area contributed by atoms with Crippen molar-refractivity contribution in [3.05, 3.63) is 153 Å². The number of rotatable bonds is 10. The molecule has 0 heterocycles. The van der Waals surface area contributed by atoms with Gasteiger partial charge in [0.1, 0.15) is 18.0 Å². The predicted molar refractivity (Wildman–Crippen MR) is 292 cm³/mol. The number of fused-ring (bicyclic) bond motifs is 6. The standard InChI is InChI=1S/C65H69NO10/c1-36(67)75-59-31-47(76-63(72)64(19-8-5-9-20-64)44-17-16-41-23-46(68)29-49(48(41)28-44)40-14-10-11-37(21-40)35-66-2)30-52-50-33-61(74-4)57(70)26-42(50)24-53-56(69)34-54-51-32-58(71)60(73-3)27-43(51)25-55(59)65(54,62(52)53)45-18-15-38-12-6-7-13-39(38)22-45/h6-7,10-14,16-17,21-23,26-29,32-33,47,52-56,59,62,66,68-71H,5,8-9,15,18-20,24-25,30-31,34-35H2,1-4H3/t47-,52+,53+,54+,55+,56-,59+,62-,65+/m0/s1. The third kappa shape index (κ3) is 8.22. The number of benzene rings is 6. The molecule has 0 saturated heterocycles. The van der Waals surface area contributed by atoms with Gasteiger partial charge in [-0.15, -0.1) is 0 Å². The fourth-order valence-electron chi connectivity index (χ4n) is 16.0. The molecule has 6 aromatic carbocycles. The number of ether oxygens (including phenoxy) is 4. The molecule has 3 saturated carbocycles. The lowest BCUT2D eigenvalue weighted by molar-refractivity contribution is -0.180. The van der Waals surface area contributed by atoms with Crippen molar-refractivity contribution in [1.29, 1.82) is 0 Å². The van der Waals surface area contributed by atoms with Crippen LogP contribution in [0, 0.1) is 23.2 Å². The number of carbonyl (C=O) groups excluding carboxylic acids is 2. The van der Waals surface area contributed by atoms with Crippen LogP contribution in [0.15, 0.2) is 109 Å². The van der Waals surface area contributed by atoms with Gasteiger partial charge in [0.05, 0.1) is 25.7 Å². The van der Waals surface area contributed by atoms with E-state index >= 15 is 4.79 Å². The summed E-state index contributed by atoms with van der Waals surface area (Å²) in [5.74, 6) is -1.34. The highest BCUT2D eigenvalue weighted by Gasteiger charge is 2.67. The first-order valence-corrected chi connectivity index (χ1v) is 27.5. The molecule has 6 aliphatic rings. The Kier molecular flexibility index (Phi) is 12.9. The van der Waals surface area contributed by atoms with Crippen molar-refractivity contribution in [3.63, 3.8) is 0 Å². The van der Waals surface area contributed by atoms with Crippen LogP contribution in [0.25, 0.3) is 28.0 Å². The van der Waals surface area contributed by atoms with E-state index in [1.807, 2.05) is 49.5 Å². The van der Waals surface area contributed by atoms with Crippen LogP contribution in [-0.2, 0) is 50.3 Å². The minimum atomic E-state index is -0.991. The van der Waals surface area contributed by atoms with Crippen molar-refractivity contribution in [2.24, 2.45) is 23.2 Å². The number of methoxy groups -OCH3 is 2. The number of hydrogen-bond donors (Lipinski definition) is 5. The van der Waals surface area contributed by atoms with Crippen LogP contribution in [0.3, 0.4) is 0 Å². The molecule has 6 aromatic rings. The van der Waals surface area contributed by atoms with Gasteiger partial charge in [0, 0.05) is 31.2 Å². The third-order valence-electron chi connectivity index (χ3n) is 19.0. The van der Waals surface area contributed by atoms with Gasteiger partial charge in [-0.1, -0.05) is 85.5 Å². The number of phenolic OH excluding ortho intramolecular Hbond substituents is 3. The zero-order chi connectivity index (χ0) is 52.6. The Morgan fingerprint density at radius 2 is 1.51 bits per heavy atom. The average Bonchev–Trinajstić information content (AvgIpc) is 3.49. The van der Waals surface area contributed by atoms with Crippen LogP contribution >= 0.6 is 0 Å². The molecule has 76 heavy (non-hydrogen) atoms. The number of carbonyl (C=O) groups is 2. The summed E-state index contributed by atoms with van der Waals surface area (Å²) in [6, 6.07) is 34.1. The minimum Gasteiger partial charge on any atom is -0.508 e. The third-order valence-corrected chi connectivity index (χ3v) is 19.0. The van der Waals surface area contributed by atoms with Gasteiger partial charge in [-0.25, -0.2) is 0 Å². The zero-order valence-corrected chi connectivity index (χ0v) is 43.9. The Morgan fingerprint density at radius 3 is 2.30 bits per heavy atom. The van der Waals surface area contributed by atoms with Crippen LogP contribution in [0.4, 0.5) is 0 Å². The van der Waals surface area contributed by atoms with Gasteiger partial charge < -0.3 is 44.7 Å². The molecule has 0 aliphatic heterocycles. The van der Waals surface area contributed by atoms with E-state index in [4.69, 9.17) is 18.9 Å². The molecular formula is C65H69NO10. The molecule has 0 radical (unpaired) electrons. The Morgan fingerprint density at radius 1 is 0.737 bits per heavy atom. The molecule has 0 bridgehead atoms. The first-order chi connectivity index (χ1) is 36.8. The summed E-state index contributed by atoms with van der Waals surface area (Å²) < 4.78 is 25.6. The van der Waals surface area contributed by atoms with Crippen LogP contribution in [0.5, 0.6) is 28.7 Å². The highest BCUT2D eigenvalue weighted by molar-refractivity contribution is 5.99. The number of aliphatic hydroxyl groups excluding tert-OH is 1. The summed E-state index contributed by atoms with van der Waals surface area (Å²) >= 11 is 0. The lowest BCUT2D eigenvalue weighted by Crippen LogP contribution is -2.64. The van der Waals surface area contributed by atoms with Crippen LogP contribution in [0.1, 0.15) is 121 Å². The molecule has 0 unspecified atom stereocenters. The summed E-state index contributed by atoms with van der Waals surface area (Å²) in [6.45, 7) is 2.15. The predicted octanol–water partition coefficient (Wildman–Crippen LogP) is 11.5. The molecule has 12 rings (SSSR count). The monoisotopic (exact) mass is 1020 g/mol. The van der Waals surface area contributed by atoms with Crippen molar-refractivity contribution in [2.75, 3.05) is 21.3 Å². The number of esters is 2. The molecule has 394 valence electrons. The fourth-order valence-corrected chi connectivity index (χ4v) is 16.0. The van der Waals surface area contributed by atoms with Gasteiger partial charge in [0.2, 0.25) is 0 Å². The van der Waals surface area contributed by atoms with Crippen LogP contribution < -0.4 is 14.8 Å². The molecule has 5 N–H and O–H groups in total. The number of aromatic hydroxyl groups is 3. The van der Waals surface area contributed by atoms with Crippen molar-refractivity contribution >= 4 is 28.8 Å². The fraction of sp³-hybridized carbons (Fsp3) is 0.415. The summed E-state index contributed by atoms with van der Waals surface area (Å²) in [6.07, 6.45) is 7.55. The molecule has 11 nitrogen and oxygen atoms in total. The second kappa shape index (κ2) is 19.6. The Hall–Kier alpha value is -6.82. The number of hydrogen-bond acceptors (Lipinski definition) is 11. The maximum Gasteiger partial charge on any atom is 0.316 e. The van der Waals surface area contributed by atoms with Crippen molar-refractivity contribution in [3.8, 4) is 39.9 Å². The smallest absolute Gasteiger partial charge is 0.316 e. The first kappa shape index (κ1) is 50.0. The van der Waals surface area contributed by atoms with Gasteiger partial charge in [0.15, 0.2) is 23.0 Å². The van der Waals surface area contributed by atoms with E-state index in [1.165, 1.54) is 18.1 Å². The van der Waals surface area contributed by atoms with Crippen molar-refractivity contribution in [2.45, 2.75) is 126 Å². The van der Waals surface area contributed by atoms with E-state index in [2.05, 4.69) is 59.9 Å². The highest BCUT2D eigenvalue weighted by Crippen LogP contribution is 2.72. The first-order valence-electron chi connectivity index (χ1n) is 27.5. The second-order valence-electron chi connectivity index (χ2n) is 22.9. The summed E-state index contributed by atoms with van der Waals surface area (Å²) in [4.78, 5) is 29.8. The quantitative estimate of drug-likeness (QED) is 0.0830. The molecule has 3 fully saturated rings. The maximum atomic E-state index is 16.0. The normalized spacial score (nSPS) is 27.0. The summed E-state index contributed by atoms with van der Waals surface area (Å²) in [5, 5.41) is 52.0. The molecule has 0 amide bonds. The lowest BCUT2D eigenvalue weighted by Gasteiger charge is -2.66. The topological polar surface area (TPSA) is 164 Å². The minimum absolute atomic E-state index is 0.0282. The lowest BCUT2D eigenvalue weighted by atomic mass is 9.38. The van der Waals surface area contributed by atoms with E-state index < -0.39 is 35.1 Å². The van der Waals surface area contributed by atoms with E-state index in [0.29, 0.717) is 56.6 Å². The second-order valence-corrected chi connectivity index (χ2v) is 22.9. The zero-order valence-electron chi connectivity index (χ0n) is 43.9. The highest BCUT2D eigenvalue weighted by atomic mass is 16.6. The summed E-state index contributed by atoms with van der Waals surface area (Å²) in [7, 11) is 5.03. The molecular weight excluding hydrogens is 955 g/mol. The van der Waals surface area contributed by atoms with Gasteiger partial charge >= 0.3 is 11.9 Å². The number of allylic oxidation sites excluding steroid dienone is 1. The number of phenols is 3. The number of aryl methyl sites for hydroxylation is 1. The van der Waals surface area contributed by atoms with E-state index in [1.54, 1.807) is 26.4 Å². The van der Waals surface area contributed by atoms with Crippen LogP contribution in [0.2, 0.25) is 0 Å². The number of aliphatic hydroxyl groups is 1. The van der Waals surface area contributed by atoms with Gasteiger partial charge in [-0.3, -0.25) is 9.59 Å². The molecule has 6 aliphatic carbocycles. The van der Waals surface area contributed by atoms with Gasteiger partial charge in [-0.2, -0.15) is 0 Å². The Balaban J connectivity index is 1.04. The van der Waals surface area contributed by atoms with E-state index in [-0.39, 0.29) is 59.2 Å². The van der Waals surface area contributed by atoms with Crippen molar-refractivity contribution < 1.29 is 49.0 Å². The Bertz CT molecular complexity index is 3300. The largest absolute Gasteiger partial charge is 0.508 e. The molecule has 11 heteroatoms.